The molecule has 0 aromatic carbocycles. The topological polar surface area (TPSA) is 120 Å². The molecule has 0 heterocycles. The molecule has 0 aliphatic carbocycles. The Labute approximate surface area is 274 Å². The predicted octanol–water partition coefficient (Wildman–Crippen LogP) is 6.38. The van der Waals surface area contributed by atoms with Gasteiger partial charge in [-0.2, -0.15) is 0 Å². The highest BCUT2D eigenvalue weighted by atomic mass is 32.3. The molecular formula is C17H33N3O4S13. The molecule has 1 amide bonds. The Morgan fingerprint density at radius 3 is 1.86 bits per heavy atom. The molecule has 0 aliphatic rings. The molecule has 0 radical (unpaired) electrons. The van der Waals surface area contributed by atoms with Gasteiger partial charge in [0.1, 0.15) is 0 Å². The first kappa shape index (κ1) is 40.2. The van der Waals surface area contributed by atoms with Crippen LogP contribution in [0.1, 0.15) is 0 Å². The highest BCUT2D eigenvalue weighted by Gasteiger charge is 2.04. The molecule has 0 bridgehead atoms. The number of thioether (sulfide) groups is 11. The van der Waals surface area contributed by atoms with Crippen LogP contribution in [0.5, 0.6) is 0 Å². The van der Waals surface area contributed by atoms with Crippen LogP contribution < -0.4 is 5.32 Å². The third kappa shape index (κ3) is 33.6. The van der Waals surface area contributed by atoms with Crippen molar-refractivity contribution in [3.63, 3.8) is 0 Å². The van der Waals surface area contributed by atoms with Crippen LogP contribution in [0.15, 0.2) is 9.98 Å². The Hall–Kier alpha value is 3.24. The van der Waals surface area contributed by atoms with E-state index in [1.54, 1.807) is 65.9 Å². The summed E-state index contributed by atoms with van der Waals surface area (Å²) < 4.78 is 23.2. The number of carbonyl (C=O) groups is 1. The van der Waals surface area contributed by atoms with Crippen molar-refractivity contribution in [1.82, 2.24) is 5.32 Å². The van der Waals surface area contributed by atoms with Gasteiger partial charge in [0.25, 0.3) is 5.24 Å². The van der Waals surface area contributed by atoms with E-state index < -0.39 is 22.4 Å². The van der Waals surface area contributed by atoms with Crippen molar-refractivity contribution in [2.45, 2.75) is 0 Å². The number of rotatable bonds is 27. The summed E-state index contributed by atoms with van der Waals surface area (Å²) in [4.78, 5) is 19.7. The van der Waals surface area contributed by atoms with Crippen molar-refractivity contribution in [2.75, 3.05) is 75.6 Å². The average molecular weight is 760 g/mol. The molecule has 218 valence electrons. The Morgan fingerprint density at radius 1 is 0.757 bits per heavy atom. The zero-order valence-electron chi connectivity index (χ0n) is 20.2. The number of nitrogens with one attached hydrogen (secondary N) is 1. The molecule has 0 spiro atoms. The van der Waals surface area contributed by atoms with Gasteiger partial charge in [-0.15, -0.1) is 94.1 Å². The van der Waals surface area contributed by atoms with E-state index in [2.05, 4.69) is 15.3 Å². The molecule has 2 atom stereocenters. The lowest BCUT2D eigenvalue weighted by Gasteiger charge is -2.06. The maximum absolute atomic E-state index is 11.9. The first-order valence-corrected chi connectivity index (χ1v) is 25.3. The molecule has 0 rings (SSSR count). The standard InChI is InChI=1S/C17H33N3O4S13/c1-18-4-36(23)15-33-12-31-10-29-11-32-14-35-17(22)20-3-26-8-28-9-30-13-34-16-37(24)5-19-2-25-7-27-6-21/h4-5,21H,2-3,6-16H2,1H3,(H,20,22)/b18-4+,19-5-. The second kappa shape index (κ2) is 33.7. The minimum absolute atomic E-state index is 0.0225. The van der Waals surface area contributed by atoms with Gasteiger partial charge >= 0.3 is 0 Å². The normalized spacial score (nSPS) is 13.5. The third-order valence-electron chi connectivity index (χ3n) is 2.83. The number of hydrogen-bond acceptors (Lipinski definition) is 17. The lowest BCUT2D eigenvalue weighted by molar-refractivity contribution is 0.262. The second-order valence-corrected chi connectivity index (χ2v) is 22.6. The number of aliphatic hydroxyl groups is 1. The molecule has 20 heteroatoms. The van der Waals surface area contributed by atoms with E-state index in [9.17, 15) is 13.9 Å². The van der Waals surface area contributed by atoms with Crippen molar-refractivity contribution in [2.24, 2.45) is 9.98 Å². The quantitative estimate of drug-likeness (QED) is 0.0317. The average Bonchev–Trinajstić information content (AvgIpc) is 2.88. The van der Waals surface area contributed by atoms with Gasteiger partial charge in [-0.1, -0.05) is 35.3 Å². The fourth-order valence-corrected chi connectivity index (χ4v) is 15.8. The van der Waals surface area contributed by atoms with Gasteiger partial charge in [0.15, 0.2) is 10.2 Å². The van der Waals surface area contributed by atoms with Gasteiger partial charge < -0.3 is 19.5 Å². The van der Waals surface area contributed by atoms with Crippen molar-refractivity contribution in [3.05, 3.63) is 0 Å². The van der Waals surface area contributed by atoms with E-state index in [0.29, 0.717) is 21.9 Å². The number of aliphatic imine (C=N–C) groups is 2. The van der Waals surface area contributed by atoms with Crippen LogP contribution in [-0.4, -0.2) is 106 Å². The SMILES string of the molecule is C/N=C/[S+]([O-])CSCSCSCSCSC(=O)NCSCSCSCSC[S+]([O-])/C=N\CSCSCO. The molecule has 2 unspecified atom stereocenters. The van der Waals surface area contributed by atoms with Crippen molar-refractivity contribution in [1.29, 1.82) is 0 Å². The summed E-state index contributed by atoms with van der Waals surface area (Å²) in [5, 5.41) is 20.0. The molecule has 0 fully saturated rings. The molecule has 0 saturated heterocycles. The van der Waals surface area contributed by atoms with E-state index in [1.807, 2.05) is 47.0 Å². The van der Waals surface area contributed by atoms with Gasteiger partial charge in [0.05, 0.1) is 17.7 Å². The number of nitrogens with zero attached hydrogens (tertiary/aromatic N) is 2. The highest BCUT2D eigenvalue weighted by Crippen LogP contribution is 2.24. The molecule has 0 aromatic rings. The fourth-order valence-electron chi connectivity index (χ4n) is 1.53. The van der Waals surface area contributed by atoms with Gasteiger partial charge in [-0.05, 0) is 0 Å². The first-order valence-electron chi connectivity index (χ1n) is 10.1. The van der Waals surface area contributed by atoms with E-state index in [1.165, 1.54) is 34.6 Å². The predicted molar refractivity (Wildman–Crippen MR) is 197 cm³/mol. The van der Waals surface area contributed by atoms with Crippen LogP contribution in [0.2, 0.25) is 0 Å². The Bertz CT molecular complexity index is 573. The molecule has 7 nitrogen and oxygen atoms in total. The molecule has 0 aliphatic heterocycles. The lowest BCUT2D eigenvalue weighted by Crippen LogP contribution is -2.17. The maximum Gasteiger partial charge on any atom is 0.280 e. The monoisotopic (exact) mass is 759 g/mol. The largest absolute Gasteiger partial charge is 0.610 e. The minimum atomic E-state index is -1.03. The van der Waals surface area contributed by atoms with Gasteiger partial charge in [0.2, 0.25) is 11.1 Å². The van der Waals surface area contributed by atoms with Gasteiger partial charge in [0, 0.05) is 70.1 Å². The zero-order chi connectivity index (χ0) is 27.2. The summed E-state index contributed by atoms with van der Waals surface area (Å²) in [5.41, 5.74) is 3.00. The van der Waals surface area contributed by atoms with Crippen LogP contribution in [-0.2, 0) is 22.4 Å². The molecule has 37 heavy (non-hydrogen) atoms. The first-order chi connectivity index (χ1) is 18.1. The van der Waals surface area contributed by atoms with E-state index in [0.717, 1.165) is 40.7 Å². The van der Waals surface area contributed by atoms with Gasteiger partial charge in [-0.25, -0.2) is 4.99 Å². The van der Waals surface area contributed by atoms with Crippen molar-refractivity contribution < 1.29 is 19.0 Å². The van der Waals surface area contributed by atoms with E-state index >= 15 is 0 Å². The summed E-state index contributed by atoms with van der Waals surface area (Å²) >= 11 is 16.4. The molecular weight excluding hydrogens is 727 g/mol. The molecule has 0 aromatic heterocycles. The van der Waals surface area contributed by atoms with Gasteiger partial charge in [-0.3, -0.25) is 9.79 Å². The minimum Gasteiger partial charge on any atom is -0.610 e. The van der Waals surface area contributed by atoms with E-state index in [-0.39, 0.29) is 11.2 Å². The number of aliphatic hydroxyl groups excluding tert-OH is 1. The summed E-state index contributed by atoms with van der Waals surface area (Å²) in [7, 11) is 1.63. The Balaban J connectivity index is 3.31. The lowest BCUT2D eigenvalue weighted by atomic mass is 11.2. The van der Waals surface area contributed by atoms with Crippen molar-refractivity contribution in [3.8, 4) is 0 Å². The summed E-state index contributed by atoms with van der Waals surface area (Å²) in [6.45, 7) is 0. The van der Waals surface area contributed by atoms with Crippen LogP contribution in [0, 0.1) is 0 Å². The summed E-state index contributed by atoms with van der Waals surface area (Å²) in [5.74, 6) is 1.32. The number of hydrogen-bond donors (Lipinski definition) is 2. The molecule has 0 saturated carbocycles. The van der Waals surface area contributed by atoms with Crippen molar-refractivity contribution >= 4 is 168 Å². The maximum atomic E-state index is 11.9. The van der Waals surface area contributed by atoms with E-state index in [4.69, 9.17) is 5.11 Å². The van der Waals surface area contributed by atoms with Crippen LogP contribution in [0.3, 0.4) is 0 Å². The van der Waals surface area contributed by atoms with Crippen LogP contribution in [0.4, 0.5) is 4.79 Å². The van der Waals surface area contributed by atoms with Crippen LogP contribution in [0.25, 0.3) is 0 Å². The third-order valence-corrected chi connectivity index (χ3v) is 18.6. The fraction of sp³-hybridized carbons (Fsp3) is 0.824. The molecule has 2 N–H and O–H groups in total. The smallest absolute Gasteiger partial charge is 0.280 e. The number of amides is 1. The second-order valence-electron chi connectivity index (χ2n) is 5.64. The zero-order valence-corrected chi connectivity index (χ0v) is 30.8. The highest BCUT2D eigenvalue weighted by molar-refractivity contribution is 8.31. The summed E-state index contributed by atoms with van der Waals surface area (Å²) in [6.07, 6.45) is 0. The Kier molecular flexibility index (Phi) is 36.7. The summed E-state index contributed by atoms with van der Waals surface area (Å²) in [6, 6.07) is 0. The Morgan fingerprint density at radius 2 is 1.27 bits per heavy atom. The van der Waals surface area contributed by atoms with Crippen LogP contribution >= 0.6 is 129 Å². The number of carbonyl (C=O) groups excluding carboxylic acids is 1.